The van der Waals surface area contributed by atoms with Gasteiger partial charge in [-0.2, -0.15) is 5.26 Å². The number of hydrogen-bond donors (Lipinski definition) is 1. The van der Waals surface area contributed by atoms with Gasteiger partial charge < -0.3 is 5.32 Å². The molecule has 7 atom stereocenters. The molecule has 228 valence electrons. The number of anilines is 1. The molecule has 0 aliphatic heterocycles. The highest BCUT2D eigenvalue weighted by atomic mass is 16.1. The Kier molecular flexibility index (Phi) is 7.00. The number of para-hydroxylation sites is 1. The van der Waals surface area contributed by atoms with Crippen molar-refractivity contribution in [2.75, 3.05) is 5.32 Å². The van der Waals surface area contributed by atoms with E-state index in [1.165, 1.54) is 0 Å². The number of Topliss-reactive ketones (excluding diaryl/α,β-unsaturated/α-hetero) is 1. The monoisotopic (exact) mass is 580 g/mol. The van der Waals surface area contributed by atoms with E-state index in [1.54, 1.807) is 0 Å². The van der Waals surface area contributed by atoms with Crippen LogP contribution in [0.2, 0.25) is 0 Å². The van der Waals surface area contributed by atoms with Gasteiger partial charge in [-0.05, 0) is 104 Å². The summed E-state index contributed by atoms with van der Waals surface area (Å²) in [6.07, 6.45) is 12.3. The predicted molar refractivity (Wildman–Crippen MR) is 169 cm³/mol. The molecule has 1 aromatic carbocycles. The molecular formula is C38H48N2O3. The molecule has 1 aromatic rings. The molecule has 0 bridgehead atoms. The molecule has 1 N–H and O–H groups in total. The smallest absolute Gasteiger partial charge is 0.224 e. The van der Waals surface area contributed by atoms with Crippen LogP contribution in [0.4, 0.5) is 5.69 Å². The minimum atomic E-state index is -0.647. The van der Waals surface area contributed by atoms with Gasteiger partial charge in [-0.1, -0.05) is 71.4 Å². The van der Waals surface area contributed by atoms with Gasteiger partial charge in [0.2, 0.25) is 5.91 Å². The average Bonchev–Trinajstić information content (AvgIpc) is 2.95. The molecule has 0 radical (unpaired) electrons. The molecule has 1 amide bonds. The van der Waals surface area contributed by atoms with E-state index in [0.29, 0.717) is 6.42 Å². The Morgan fingerprint density at radius 3 is 2.37 bits per heavy atom. The molecule has 0 spiro atoms. The van der Waals surface area contributed by atoms with Crippen molar-refractivity contribution >= 4 is 23.2 Å². The summed E-state index contributed by atoms with van der Waals surface area (Å²) in [5.41, 5.74) is 1.09. The largest absolute Gasteiger partial charge is 0.326 e. The van der Waals surface area contributed by atoms with Crippen LogP contribution in [0.15, 0.2) is 53.6 Å². The van der Waals surface area contributed by atoms with Gasteiger partial charge in [0.05, 0.1) is 5.57 Å². The second-order valence-electron chi connectivity index (χ2n) is 16.4. The normalized spacial score (nSPS) is 39.1. The fourth-order valence-corrected chi connectivity index (χ4v) is 10.9. The lowest BCUT2D eigenvalue weighted by Crippen LogP contribution is -2.60. The van der Waals surface area contributed by atoms with Crippen LogP contribution in [0, 0.1) is 62.1 Å². The number of carbonyl (C=O) groups excluding carboxylic acids is 3. The SMILES string of the molecule is CC1(C)CCC2(CCC(=O)Nc3ccccc3)CCC3C(C(=O)C=C4C5(C)C=C(C#N)C(=O)C(C)(C)C5CCC43C)C2C1. The van der Waals surface area contributed by atoms with Gasteiger partial charge >= 0.3 is 0 Å². The lowest BCUT2D eigenvalue weighted by Gasteiger charge is -2.65. The molecule has 3 saturated carbocycles. The maximum absolute atomic E-state index is 14.5. The van der Waals surface area contributed by atoms with Crippen LogP contribution in [0.25, 0.3) is 0 Å². The summed E-state index contributed by atoms with van der Waals surface area (Å²) in [7, 11) is 0. The topological polar surface area (TPSA) is 87.0 Å². The number of rotatable bonds is 4. The zero-order valence-corrected chi connectivity index (χ0v) is 26.9. The minimum absolute atomic E-state index is 0.00366. The zero-order chi connectivity index (χ0) is 31.0. The molecule has 0 heterocycles. The molecule has 5 aliphatic rings. The third-order valence-corrected chi connectivity index (χ3v) is 13.2. The van der Waals surface area contributed by atoms with Gasteiger partial charge in [0.15, 0.2) is 11.6 Å². The fourth-order valence-electron chi connectivity index (χ4n) is 10.9. The van der Waals surface area contributed by atoms with Gasteiger partial charge in [-0.15, -0.1) is 0 Å². The summed E-state index contributed by atoms with van der Waals surface area (Å²) in [5.74, 6) is 0.733. The first-order valence-electron chi connectivity index (χ1n) is 16.5. The average molecular weight is 581 g/mol. The third-order valence-electron chi connectivity index (χ3n) is 13.2. The fraction of sp³-hybridized carbons (Fsp3) is 0.632. The highest BCUT2D eigenvalue weighted by Crippen LogP contribution is 2.71. The maximum Gasteiger partial charge on any atom is 0.224 e. The summed E-state index contributed by atoms with van der Waals surface area (Å²) in [6.45, 7) is 13.2. The van der Waals surface area contributed by atoms with Crippen molar-refractivity contribution in [1.82, 2.24) is 0 Å². The number of carbonyl (C=O) groups is 3. The second kappa shape index (κ2) is 10.0. The molecule has 0 saturated heterocycles. The van der Waals surface area contributed by atoms with Gasteiger partial charge in [0.1, 0.15) is 6.07 Å². The van der Waals surface area contributed by atoms with Crippen LogP contribution < -0.4 is 5.32 Å². The van der Waals surface area contributed by atoms with E-state index in [1.807, 2.05) is 56.3 Å². The Labute approximate surface area is 257 Å². The number of benzene rings is 1. The Morgan fingerprint density at radius 2 is 1.67 bits per heavy atom. The van der Waals surface area contributed by atoms with Crippen LogP contribution in [-0.4, -0.2) is 17.5 Å². The molecule has 0 aromatic heterocycles. The van der Waals surface area contributed by atoms with Gasteiger partial charge in [-0.25, -0.2) is 0 Å². The van der Waals surface area contributed by atoms with Crippen LogP contribution in [0.3, 0.4) is 0 Å². The van der Waals surface area contributed by atoms with E-state index in [9.17, 15) is 19.6 Å². The summed E-state index contributed by atoms with van der Waals surface area (Å²) in [4.78, 5) is 40.9. The Bertz CT molecular complexity index is 1460. The third kappa shape index (κ3) is 4.58. The number of nitrogens with one attached hydrogen (secondary N) is 1. The van der Waals surface area contributed by atoms with Crippen LogP contribution in [0.5, 0.6) is 0 Å². The van der Waals surface area contributed by atoms with Gasteiger partial charge in [-0.3, -0.25) is 14.4 Å². The van der Waals surface area contributed by atoms with E-state index in [4.69, 9.17) is 0 Å². The number of ketones is 2. The first kappa shape index (κ1) is 30.0. The summed E-state index contributed by atoms with van der Waals surface area (Å²) in [6, 6.07) is 11.9. The van der Waals surface area contributed by atoms with Crippen LogP contribution in [0.1, 0.15) is 99.3 Å². The van der Waals surface area contributed by atoms with Crippen LogP contribution >= 0.6 is 0 Å². The quantitative estimate of drug-likeness (QED) is 0.389. The van der Waals surface area contributed by atoms with Crippen molar-refractivity contribution in [3.8, 4) is 6.07 Å². The lowest BCUT2D eigenvalue weighted by atomic mass is 9.38. The number of nitrogens with zero attached hydrogens (tertiary/aromatic N) is 1. The number of amides is 1. The molecule has 5 heteroatoms. The van der Waals surface area contributed by atoms with Crippen molar-refractivity contribution in [2.24, 2.45) is 50.7 Å². The van der Waals surface area contributed by atoms with E-state index in [2.05, 4.69) is 39.1 Å². The first-order valence-corrected chi connectivity index (χ1v) is 16.5. The van der Waals surface area contributed by atoms with Crippen molar-refractivity contribution in [2.45, 2.75) is 99.3 Å². The highest BCUT2D eigenvalue weighted by Gasteiger charge is 2.65. The molecule has 5 aliphatic carbocycles. The minimum Gasteiger partial charge on any atom is -0.326 e. The van der Waals surface area contributed by atoms with Gasteiger partial charge in [0.25, 0.3) is 0 Å². The maximum atomic E-state index is 14.5. The Balaban J connectivity index is 1.35. The number of allylic oxidation sites excluding steroid dienone is 4. The van der Waals surface area contributed by atoms with E-state index < -0.39 is 10.8 Å². The highest BCUT2D eigenvalue weighted by molar-refractivity contribution is 6.04. The number of nitriles is 1. The Morgan fingerprint density at radius 1 is 0.953 bits per heavy atom. The van der Waals surface area contributed by atoms with Crippen molar-refractivity contribution in [3.63, 3.8) is 0 Å². The predicted octanol–water partition coefficient (Wildman–Crippen LogP) is 8.23. The van der Waals surface area contributed by atoms with Crippen molar-refractivity contribution < 1.29 is 14.4 Å². The first-order chi connectivity index (χ1) is 20.2. The van der Waals surface area contributed by atoms with Crippen molar-refractivity contribution in [3.05, 3.63) is 53.6 Å². The number of fused-ring (bicyclic) bond motifs is 7. The summed E-state index contributed by atoms with van der Waals surface area (Å²) >= 11 is 0. The standard InChI is InChI=1S/C38H48N2O3/c1-34(2)18-19-38(17-14-31(42)40-25-10-8-7-9-11-25)16-12-26-32(27(38)22-34)28(41)20-30-36(26,5)15-13-29-35(3,4)33(43)24(23-39)21-37(29,30)6/h7-11,20-21,26-27,29,32H,12-19,22H2,1-6H3,(H,40,42). The lowest BCUT2D eigenvalue weighted by molar-refractivity contribution is -0.149. The van der Waals surface area contributed by atoms with Crippen LogP contribution in [-0.2, 0) is 14.4 Å². The van der Waals surface area contributed by atoms with E-state index in [0.717, 1.165) is 62.6 Å². The molecule has 43 heavy (non-hydrogen) atoms. The molecule has 6 rings (SSSR count). The molecule has 3 fully saturated rings. The summed E-state index contributed by atoms with van der Waals surface area (Å²) < 4.78 is 0. The second-order valence-corrected chi connectivity index (χ2v) is 16.4. The molecular weight excluding hydrogens is 532 g/mol. The molecule has 7 unspecified atom stereocenters. The van der Waals surface area contributed by atoms with E-state index >= 15 is 0 Å². The van der Waals surface area contributed by atoms with Crippen molar-refractivity contribution in [1.29, 1.82) is 5.26 Å². The zero-order valence-electron chi connectivity index (χ0n) is 26.9. The van der Waals surface area contributed by atoms with E-state index in [-0.39, 0.29) is 63.0 Å². The number of hydrogen-bond acceptors (Lipinski definition) is 4. The summed E-state index contributed by atoms with van der Waals surface area (Å²) in [5, 5.41) is 13.0. The Hall–Kier alpha value is -3.00. The molecule has 5 nitrogen and oxygen atoms in total. The van der Waals surface area contributed by atoms with Gasteiger partial charge in [0, 0.05) is 28.9 Å².